The zero-order valence-electron chi connectivity index (χ0n) is 13.7. The van der Waals surface area contributed by atoms with Gasteiger partial charge in [-0.2, -0.15) is 5.10 Å². The first-order valence-corrected chi connectivity index (χ1v) is 8.38. The van der Waals surface area contributed by atoms with Gasteiger partial charge < -0.3 is 5.32 Å². The quantitative estimate of drug-likeness (QED) is 0.904. The molecule has 132 valence electrons. The van der Waals surface area contributed by atoms with Crippen molar-refractivity contribution in [3.63, 3.8) is 0 Å². The lowest BCUT2D eigenvalue weighted by molar-refractivity contribution is -0.119. The Kier molecular flexibility index (Phi) is 3.63. The molecule has 0 saturated heterocycles. The van der Waals surface area contributed by atoms with Crippen molar-refractivity contribution in [2.45, 2.75) is 37.5 Å². The number of aryl methyl sites for hydroxylation is 1. The SMILES string of the molecule is Cn1nc(NC(=O)[C@H]2CC2(F)F)c(C2CCC2)c1-c1cccc(F)c1. The molecule has 4 rings (SSSR count). The number of alkyl halides is 2. The lowest BCUT2D eigenvalue weighted by atomic mass is 9.79. The molecule has 4 nitrogen and oxygen atoms in total. The van der Waals surface area contributed by atoms with Gasteiger partial charge >= 0.3 is 0 Å². The van der Waals surface area contributed by atoms with Crippen LogP contribution in [-0.4, -0.2) is 21.6 Å². The summed E-state index contributed by atoms with van der Waals surface area (Å²) in [6.07, 6.45) is 2.53. The summed E-state index contributed by atoms with van der Waals surface area (Å²) in [7, 11) is 1.71. The van der Waals surface area contributed by atoms with Crippen LogP contribution in [0.4, 0.5) is 19.0 Å². The van der Waals surface area contributed by atoms with Crippen molar-refractivity contribution in [1.82, 2.24) is 9.78 Å². The minimum absolute atomic E-state index is 0.196. The topological polar surface area (TPSA) is 46.9 Å². The third-order valence-electron chi connectivity index (χ3n) is 5.08. The molecule has 7 heteroatoms. The second-order valence-corrected chi connectivity index (χ2v) is 6.88. The van der Waals surface area contributed by atoms with E-state index in [4.69, 9.17) is 0 Å². The van der Waals surface area contributed by atoms with E-state index in [9.17, 15) is 18.0 Å². The third kappa shape index (κ3) is 2.81. The van der Waals surface area contributed by atoms with Gasteiger partial charge in [0.05, 0.1) is 5.69 Å². The van der Waals surface area contributed by atoms with Gasteiger partial charge in [0.2, 0.25) is 5.91 Å². The summed E-state index contributed by atoms with van der Waals surface area (Å²) < 4.78 is 41.5. The summed E-state index contributed by atoms with van der Waals surface area (Å²) in [6, 6.07) is 6.18. The lowest BCUT2D eigenvalue weighted by Gasteiger charge is -2.27. The number of hydrogen-bond donors (Lipinski definition) is 1. The number of nitrogens with zero attached hydrogens (tertiary/aromatic N) is 2. The van der Waals surface area contributed by atoms with E-state index in [1.807, 2.05) is 0 Å². The van der Waals surface area contributed by atoms with Crippen molar-refractivity contribution in [3.05, 3.63) is 35.6 Å². The monoisotopic (exact) mass is 349 g/mol. The Bertz CT molecular complexity index is 842. The Labute approximate surface area is 143 Å². The van der Waals surface area contributed by atoms with Crippen molar-refractivity contribution in [1.29, 1.82) is 0 Å². The van der Waals surface area contributed by atoms with E-state index < -0.39 is 24.2 Å². The molecule has 2 aliphatic carbocycles. The Hall–Kier alpha value is -2.31. The van der Waals surface area contributed by atoms with Gasteiger partial charge in [-0.15, -0.1) is 0 Å². The molecule has 2 saturated carbocycles. The maximum absolute atomic E-state index is 13.6. The van der Waals surface area contributed by atoms with E-state index >= 15 is 0 Å². The molecular formula is C18H18F3N3O. The Morgan fingerprint density at radius 2 is 2.08 bits per heavy atom. The molecule has 2 fully saturated rings. The fraction of sp³-hybridized carbons (Fsp3) is 0.444. The lowest BCUT2D eigenvalue weighted by Crippen LogP contribution is -2.20. The Balaban J connectivity index is 1.72. The molecule has 1 heterocycles. The van der Waals surface area contributed by atoms with Crippen LogP contribution in [0.2, 0.25) is 0 Å². The molecule has 2 aliphatic rings. The highest BCUT2D eigenvalue weighted by Crippen LogP contribution is 2.50. The van der Waals surface area contributed by atoms with Crippen molar-refractivity contribution in [3.8, 4) is 11.3 Å². The van der Waals surface area contributed by atoms with Crippen LogP contribution in [0.25, 0.3) is 11.3 Å². The average molecular weight is 349 g/mol. The minimum atomic E-state index is -2.92. The Morgan fingerprint density at radius 1 is 1.36 bits per heavy atom. The maximum atomic E-state index is 13.6. The number of aromatic nitrogens is 2. The molecule has 1 amide bonds. The highest BCUT2D eigenvalue weighted by atomic mass is 19.3. The number of carbonyl (C=O) groups is 1. The maximum Gasteiger partial charge on any atom is 0.260 e. The summed E-state index contributed by atoms with van der Waals surface area (Å²) in [4.78, 5) is 12.1. The largest absolute Gasteiger partial charge is 0.309 e. The molecule has 0 aliphatic heterocycles. The van der Waals surface area contributed by atoms with E-state index in [1.165, 1.54) is 12.1 Å². The van der Waals surface area contributed by atoms with Crippen LogP contribution in [0, 0.1) is 11.7 Å². The average Bonchev–Trinajstić information content (AvgIpc) is 3.02. The van der Waals surface area contributed by atoms with Gasteiger partial charge in [0.25, 0.3) is 5.92 Å². The number of carbonyl (C=O) groups excluding carboxylic acids is 1. The third-order valence-corrected chi connectivity index (χ3v) is 5.08. The minimum Gasteiger partial charge on any atom is -0.309 e. The van der Waals surface area contributed by atoms with Crippen LogP contribution in [0.3, 0.4) is 0 Å². The number of nitrogens with one attached hydrogen (secondary N) is 1. The molecule has 2 aromatic rings. The van der Waals surface area contributed by atoms with Crippen LogP contribution in [-0.2, 0) is 11.8 Å². The molecular weight excluding hydrogens is 331 g/mol. The zero-order valence-corrected chi connectivity index (χ0v) is 13.7. The molecule has 0 bridgehead atoms. The van der Waals surface area contributed by atoms with E-state index in [-0.39, 0.29) is 11.7 Å². The van der Waals surface area contributed by atoms with Gasteiger partial charge in [-0.1, -0.05) is 18.6 Å². The van der Waals surface area contributed by atoms with Crippen molar-refractivity contribution < 1.29 is 18.0 Å². The first kappa shape index (κ1) is 16.2. The van der Waals surface area contributed by atoms with Crippen LogP contribution in [0.1, 0.15) is 37.2 Å². The van der Waals surface area contributed by atoms with Crippen LogP contribution >= 0.6 is 0 Å². The standard InChI is InChI=1S/C18H18F3N3O/c1-24-15(11-6-3-7-12(19)8-11)14(10-4-2-5-10)16(23-24)22-17(25)13-9-18(13,20)21/h3,6-8,10,13H,2,4-5,9H2,1H3,(H,22,23,25)/t13-/m1/s1. The van der Waals surface area contributed by atoms with E-state index in [0.717, 1.165) is 30.5 Å². The number of hydrogen-bond acceptors (Lipinski definition) is 2. The Morgan fingerprint density at radius 3 is 2.64 bits per heavy atom. The van der Waals surface area contributed by atoms with Crippen LogP contribution < -0.4 is 5.32 Å². The van der Waals surface area contributed by atoms with Crippen LogP contribution in [0.15, 0.2) is 24.3 Å². The number of halogens is 3. The summed E-state index contributed by atoms with van der Waals surface area (Å²) >= 11 is 0. The van der Waals surface area contributed by atoms with Gasteiger partial charge in [-0.25, -0.2) is 13.2 Å². The van der Waals surface area contributed by atoms with Gasteiger partial charge in [-0.05, 0) is 30.9 Å². The van der Waals surface area contributed by atoms with Gasteiger partial charge in [0, 0.05) is 24.6 Å². The van der Waals surface area contributed by atoms with Crippen LogP contribution in [0.5, 0.6) is 0 Å². The summed E-state index contributed by atoms with van der Waals surface area (Å²) in [5, 5.41) is 6.91. The van der Waals surface area contributed by atoms with Crippen molar-refractivity contribution in [2.24, 2.45) is 13.0 Å². The number of amides is 1. The summed E-state index contributed by atoms with van der Waals surface area (Å²) in [5.74, 6) is -4.74. The van der Waals surface area contributed by atoms with E-state index in [1.54, 1.807) is 23.9 Å². The molecule has 25 heavy (non-hydrogen) atoms. The van der Waals surface area contributed by atoms with Crippen molar-refractivity contribution >= 4 is 11.7 Å². The first-order chi connectivity index (χ1) is 11.9. The highest BCUT2D eigenvalue weighted by molar-refractivity contribution is 5.96. The van der Waals surface area contributed by atoms with Gasteiger partial charge in [-0.3, -0.25) is 9.48 Å². The predicted octanol–water partition coefficient (Wildman–Crippen LogP) is 4.09. The second kappa shape index (κ2) is 5.61. The van der Waals surface area contributed by atoms with E-state index in [2.05, 4.69) is 10.4 Å². The molecule has 0 unspecified atom stereocenters. The van der Waals surface area contributed by atoms with Crippen molar-refractivity contribution in [2.75, 3.05) is 5.32 Å². The zero-order chi connectivity index (χ0) is 17.8. The normalized spacial score (nSPS) is 21.7. The smallest absolute Gasteiger partial charge is 0.260 e. The molecule has 1 N–H and O–H groups in total. The number of benzene rings is 1. The fourth-order valence-corrected chi connectivity index (χ4v) is 3.40. The number of rotatable bonds is 4. The number of anilines is 1. The molecule has 1 aromatic carbocycles. The van der Waals surface area contributed by atoms with Gasteiger partial charge in [0.15, 0.2) is 5.82 Å². The molecule has 0 spiro atoms. The molecule has 1 atom stereocenters. The molecule has 0 radical (unpaired) electrons. The predicted molar refractivity (Wildman–Crippen MR) is 86.9 cm³/mol. The second-order valence-electron chi connectivity index (χ2n) is 6.88. The van der Waals surface area contributed by atoms with Gasteiger partial charge in [0.1, 0.15) is 11.7 Å². The summed E-state index contributed by atoms with van der Waals surface area (Å²) in [5.41, 5.74) is 2.20. The first-order valence-electron chi connectivity index (χ1n) is 8.38. The highest BCUT2D eigenvalue weighted by Gasteiger charge is 2.61. The summed E-state index contributed by atoms with van der Waals surface area (Å²) in [6.45, 7) is 0. The van der Waals surface area contributed by atoms with E-state index in [0.29, 0.717) is 11.4 Å². The molecule has 1 aromatic heterocycles. The fourth-order valence-electron chi connectivity index (χ4n) is 3.40.